The monoisotopic (exact) mass is 420 g/mol. The molecule has 10 heteroatoms. The number of hydrogen-bond donors (Lipinski definition) is 1. The number of nitrogens with zero attached hydrogens (tertiary/aromatic N) is 7. The summed E-state index contributed by atoms with van der Waals surface area (Å²) in [5, 5.41) is 14.9. The molecule has 2 aliphatic rings. The molecule has 2 N–H and O–H groups in total. The lowest BCUT2D eigenvalue weighted by atomic mass is 10.1. The van der Waals surface area contributed by atoms with E-state index in [9.17, 15) is 5.26 Å². The fourth-order valence-electron chi connectivity index (χ4n) is 4.25. The molecule has 10 nitrogen and oxygen atoms in total. The number of nitrogens with two attached hydrogens (primary N) is 1. The zero-order valence-corrected chi connectivity index (χ0v) is 17.1. The zero-order chi connectivity index (χ0) is 21.2. The second kappa shape index (κ2) is 8.35. The van der Waals surface area contributed by atoms with Crippen molar-refractivity contribution in [2.24, 2.45) is 0 Å². The number of nitrogen functional groups attached to an aromatic ring is 1. The summed E-state index contributed by atoms with van der Waals surface area (Å²) in [7, 11) is 0. The average Bonchev–Trinajstić information content (AvgIpc) is 3.21. The summed E-state index contributed by atoms with van der Waals surface area (Å²) in [5.41, 5.74) is 8.40. The number of likely N-dealkylation sites (tertiary alicyclic amines) is 1. The van der Waals surface area contributed by atoms with E-state index in [2.05, 4.69) is 21.1 Å². The van der Waals surface area contributed by atoms with Gasteiger partial charge in [0.05, 0.1) is 31.2 Å². The molecule has 31 heavy (non-hydrogen) atoms. The molecule has 3 aromatic rings. The molecule has 0 aliphatic carbocycles. The number of pyridine rings is 1. The van der Waals surface area contributed by atoms with Crippen LogP contribution in [0.25, 0.3) is 22.3 Å². The Morgan fingerprint density at radius 3 is 2.81 bits per heavy atom. The molecule has 2 aliphatic heterocycles. The van der Waals surface area contributed by atoms with E-state index in [0.29, 0.717) is 35.0 Å². The van der Waals surface area contributed by atoms with E-state index < -0.39 is 0 Å². The number of hydrogen-bond acceptors (Lipinski definition) is 9. The molecular formula is C21H24N8O2. The van der Waals surface area contributed by atoms with E-state index in [1.54, 1.807) is 11.1 Å². The van der Waals surface area contributed by atoms with Gasteiger partial charge in [0.1, 0.15) is 23.9 Å². The van der Waals surface area contributed by atoms with Gasteiger partial charge in [-0.3, -0.25) is 0 Å². The van der Waals surface area contributed by atoms with Gasteiger partial charge in [-0.15, -0.1) is 0 Å². The summed E-state index contributed by atoms with van der Waals surface area (Å²) in [4.78, 5) is 14.9. The molecule has 0 unspecified atom stereocenters. The molecular weight excluding hydrogens is 396 g/mol. The third-order valence-electron chi connectivity index (χ3n) is 5.87. The second-order valence-corrected chi connectivity index (χ2v) is 7.91. The summed E-state index contributed by atoms with van der Waals surface area (Å²) in [5.74, 6) is 0.960. The van der Waals surface area contributed by atoms with E-state index in [1.807, 2.05) is 16.8 Å². The maximum Gasteiger partial charge on any atom is 0.213 e. The lowest BCUT2D eigenvalue weighted by molar-refractivity contribution is 0.0237. The predicted octanol–water partition coefficient (Wildman–Crippen LogP) is 2.15. The minimum atomic E-state index is 0.0445. The Morgan fingerprint density at radius 1 is 1.16 bits per heavy atom. The molecule has 0 amide bonds. The van der Waals surface area contributed by atoms with E-state index in [1.165, 1.54) is 6.33 Å². The Kier molecular flexibility index (Phi) is 5.26. The fourth-order valence-corrected chi connectivity index (χ4v) is 4.25. The highest BCUT2D eigenvalue weighted by atomic mass is 16.5. The van der Waals surface area contributed by atoms with Crippen LogP contribution in [0.4, 0.5) is 5.82 Å². The summed E-state index contributed by atoms with van der Waals surface area (Å²) in [6.07, 6.45) is 9.16. The largest absolute Gasteiger partial charge is 0.474 e. The second-order valence-electron chi connectivity index (χ2n) is 7.91. The van der Waals surface area contributed by atoms with Crippen LogP contribution in [0, 0.1) is 11.5 Å². The number of rotatable bonds is 4. The van der Waals surface area contributed by atoms with Crippen molar-refractivity contribution in [1.82, 2.24) is 29.6 Å². The van der Waals surface area contributed by atoms with Crippen molar-refractivity contribution in [3.05, 3.63) is 24.7 Å². The normalized spacial score (nSPS) is 20.0. The van der Waals surface area contributed by atoms with Gasteiger partial charge in [0.15, 0.2) is 11.8 Å². The van der Waals surface area contributed by atoms with Crippen LogP contribution in [-0.2, 0) is 4.74 Å². The van der Waals surface area contributed by atoms with Crippen molar-refractivity contribution >= 4 is 16.9 Å². The van der Waals surface area contributed by atoms with E-state index in [4.69, 9.17) is 20.3 Å². The van der Waals surface area contributed by atoms with Crippen molar-refractivity contribution in [2.75, 3.05) is 32.0 Å². The molecule has 3 aromatic heterocycles. The van der Waals surface area contributed by atoms with E-state index in [-0.39, 0.29) is 12.1 Å². The average molecular weight is 420 g/mol. The summed E-state index contributed by atoms with van der Waals surface area (Å²) in [6, 6.07) is 3.83. The number of ether oxygens (including phenoxy) is 2. The van der Waals surface area contributed by atoms with Crippen LogP contribution in [0.5, 0.6) is 5.88 Å². The maximum atomic E-state index is 9.31. The van der Waals surface area contributed by atoms with E-state index >= 15 is 0 Å². The van der Waals surface area contributed by atoms with Gasteiger partial charge in [0.25, 0.3) is 0 Å². The van der Waals surface area contributed by atoms with Crippen molar-refractivity contribution < 1.29 is 9.47 Å². The molecule has 0 spiro atoms. The van der Waals surface area contributed by atoms with Crippen LogP contribution < -0.4 is 10.5 Å². The molecule has 0 radical (unpaired) electrons. The Morgan fingerprint density at radius 2 is 2.03 bits per heavy atom. The number of piperidine rings is 1. The van der Waals surface area contributed by atoms with Crippen LogP contribution in [0.2, 0.25) is 0 Å². The molecule has 2 fully saturated rings. The van der Waals surface area contributed by atoms with Gasteiger partial charge in [0, 0.05) is 37.2 Å². The Hall–Kier alpha value is -3.45. The van der Waals surface area contributed by atoms with Crippen molar-refractivity contribution in [3.8, 4) is 23.3 Å². The third kappa shape index (κ3) is 3.84. The minimum Gasteiger partial charge on any atom is -0.474 e. The van der Waals surface area contributed by atoms with E-state index in [0.717, 1.165) is 51.0 Å². The molecule has 1 atom stereocenters. The molecule has 160 valence electrons. The lowest BCUT2D eigenvalue weighted by Gasteiger charge is -2.28. The van der Waals surface area contributed by atoms with Gasteiger partial charge in [-0.25, -0.2) is 19.6 Å². The first-order chi connectivity index (χ1) is 15.2. The molecule has 5 heterocycles. The Labute approximate surface area is 179 Å². The quantitative estimate of drug-likeness (QED) is 0.631. The van der Waals surface area contributed by atoms with Crippen LogP contribution in [0.3, 0.4) is 0 Å². The highest BCUT2D eigenvalue weighted by Crippen LogP contribution is 2.33. The van der Waals surface area contributed by atoms with Gasteiger partial charge in [-0.05, 0) is 18.9 Å². The topological polar surface area (TPSA) is 128 Å². The molecule has 0 saturated carbocycles. The van der Waals surface area contributed by atoms with Crippen molar-refractivity contribution in [2.45, 2.75) is 37.8 Å². The highest BCUT2D eigenvalue weighted by Gasteiger charge is 2.26. The van der Waals surface area contributed by atoms with Gasteiger partial charge < -0.3 is 20.1 Å². The molecule has 0 aromatic carbocycles. The minimum absolute atomic E-state index is 0.0445. The standard InChI is InChI=1S/C21H24N8O2/c22-12-28-7-1-2-15(11-28)29-21-18(20(23)25-13-26-21)19(27-29)14-3-4-17(24-10-14)31-16-5-8-30-9-6-16/h3-4,10,13,15-16H,1-2,5-9,11H2,(H2,23,25,26)/t15-/m1/s1. The Balaban J connectivity index is 1.47. The van der Waals surface area contributed by atoms with Crippen LogP contribution in [0.15, 0.2) is 24.7 Å². The third-order valence-corrected chi connectivity index (χ3v) is 5.87. The summed E-state index contributed by atoms with van der Waals surface area (Å²) in [6.45, 7) is 2.81. The van der Waals surface area contributed by atoms with Crippen molar-refractivity contribution in [1.29, 1.82) is 5.26 Å². The predicted molar refractivity (Wildman–Crippen MR) is 113 cm³/mol. The zero-order valence-electron chi connectivity index (χ0n) is 17.1. The number of aromatic nitrogens is 5. The fraction of sp³-hybridized carbons (Fsp3) is 0.476. The maximum absolute atomic E-state index is 9.31. The number of nitriles is 1. The van der Waals surface area contributed by atoms with Crippen LogP contribution in [-0.4, -0.2) is 62.0 Å². The lowest BCUT2D eigenvalue weighted by Crippen LogP contribution is -2.33. The summed E-state index contributed by atoms with van der Waals surface area (Å²) < 4.78 is 13.2. The van der Waals surface area contributed by atoms with Gasteiger partial charge >= 0.3 is 0 Å². The SMILES string of the molecule is N#CN1CCC[C@@H](n2nc(-c3ccc(OC4CCOCC4)nc3)c3c(N)ncnc32)C1. The van der Waals surface area contributed by atoms with Gasteiger partial charge in [-0.1, -0.05) is 0 Å². The smallest absolute Gasteiger partial charge is 0.213 e. The van der Waals surface area contributed by atoms with Gasteiger partial charge in [-0.2, -0.15) is 10.4 Å². The first-order valence-corrected chi connectivity index (χ1v) is 10.6. The molecule has 0 bridgehead atoms. The van der Waals surface area contributed by atoms with Crippen molar-refractivity contribution in [3.63, 3.8) is 0 Å². The van der Waals surface area contributed by atoms with Crippen LogP contribution in [0.1, 0.15) is 31.7 Å². The first kappa shape index (κ1) is 19.5. The number of anilines is 1. The highest BCUT2D eigenvalue weighted by molar-refractivity contribution is 5.98. The molecule has 5 rings (SSSR count). The van der Waals surface area contributed by atoms with Crippen LogP contribution >= 0.6 is 0 Å². The first-order valence-electron chi connectivity index (χ1n) is 10.6. The van der Waals surface area contributed by atoms with Gasteiger partial charge in [0.2, 0.25) is 5.88 Å². The number of fused-ring (bicyclic) bond motifs is 1. The molecule has 2 saturated heterocycles. The summed E-state index contributed by atoms with van der Waals surface area (Å²) >= 11 is 0. The Bertz CT molecular complexity index is 1100.